The van der Waals surface area contributed by atoms with Crippen LogP contribution in [-0.4, -0.2) is 88.1 Å². The summed E-state index contributed by atoms with van der Waals surface area (Å²) in [5, 5.41) is 45.7. The van der Waals surface area contributed by atoms with E-state index in [1.54, 1.807) is 25.2 Å². The number of amides is 1. The standard InChI is InChI=1S/C19H21N3O3.C10H10N2O2.C9H13NO2/c1-25-15-6-4-5-14(13-15)22(11-12-23)19(24)10-9-18-16-7-2-3-8-17(16)20-21-18;13-10(14)6-5-9-7-3-1-2-4-8(7)11-12-9;1-12-9-4-2-3-8(7-9)10-5-6-11/h2-8,13,23H,9-12H2,1H3,(H,20,21);1-4H,5-6H2,(H,11,12)(H,13,14);2-4,7,10-11H,5-6H2,1H3. The highest BCUT2D eigenvalue weighted by Gasteiger charge is 2.17. The normalized spacial score (nSPS) is 10.4. The van der Waals surface area contributed by atoms with Gasteiger partial charge in [0.2, 0.25) is 5.91 Å². The molecule has 0 radical (unpaired) electrons. The third-order valence-electron chi connectivity index (χ3n) is 7.76. The van der Waals surface area contributed by atoms with Crippen molar-refractivity contribution in [3.8, 4) is 11.5 Å². The molecule has 0 spiro atoms. The second kappa shape index (κ2) is 19.9. The number of rotatable bonds is 14. The van der Waals surface area contributed by atoms with E-state index in [2.05, 4.69) is 25.7 Å². The number of aryl methyl sites for hydroxylation is 2. The summed E-state index contributed by atoms with van der Waals surface area (Å²) >= 11 is 0. The number of aliphatic carboxylic acids is 1. The number of hydrogen-bond donors (Lipinski definition) is 6. The smallest absolute Gasteiger partial charge is 0.303 e. The number of aliphatic hydroxyl groups is 2. The zero-order chi connectivity index (χ0) is 36.4. The van der Waals surface area contributed by atoms with E-state index >= 15 is 0 Å². The van der Waals surface area contributed by atoms with Crippen molar-refractivity contribution in [3.05, 3.63) is 108 Å². The highest BCUT2D eigenvalue weighted by Crippen LogP contribution is 2.23. The number of carboxylic acid groups (broad SMARTS) is 1. The van der Waals surface area contributed by atoms with Gasteiger partial charge < -0.3 is 35.0 Å². The first-order valence-electron chi connectivity index (χ1n) is 16.5. The predicted octanol–water partition coefficient (Wildman–Crippen LogP) is 5.21. The molecule has 0 atom stereocenters. The van der Waals surface area contributed by atoms with Crippen LogP contribution >= 0.6 is 0 Å². The number of methoxy groups -OCH3 is 2. The van der Waals surface area contributed by atoms with Crippen LogP contribution < -0.4 is 19.7 Å². The minimum atomic E-state index is -0.788. The van der Waals surface area contributed by atoms with Crippen molar-refractivity contribution >= 4 is 45.1 Å². The number of fused-ring (bicyclic) bond motifs is 2. The van der Waals surface area contributed by atoms with E-state index in [-0.39, 0.29) is 32.1 Å². The number of aliphatic hydroxyl groups excluding tert-OH is 2. The van der Waals surface area contributed by atoms with E-state index < -0.39 is 5.97 Å². The maximum absolute atomic E-state index is 12.7. The molecule has 51 heavy (non-hydrogen) atoms. The number of aromatic nitrogens is 4. The second-order valence-electron chi connectivity index (χ2n) is 11.2. The van der Waals surface area contributed by atoms with Crippen molar-refractivity contribution in [2.75, 3.05) is 50.7 Å². The maximum atomic E-state index is 12.7. The van der Waals surface area contributed by atoms with E-state index in [0.29, 0.717) is 37.2 Å². The number of nitrogens with zero attached hydrogens (tertiary/aromatic N) is 3. The van der Waals surface area contributed by atoms with Gasteiger partial charge in [-0.1, -0.05) is 48.5 Å². The lowest BCUT2D eigenvalue weighted by molar-refractivity contribution is -0.137. The number of aromatic amines is 2. The summed E-state index contributed by atoms with van der Waals surface area (Å²) in [6, 6.07) is 30.4. The molecule has 6 N–H and O–H groups in total. The van der Waals surface area contributed by atoms with Gasteiger partial charge in [0.15, 0.2) is 0 Å². The number of carboxylic acids is 1. The van der Waals surface area contributed by atoms with Crippen LogP contribution in [0, 0.1) is 0 Å². The van der Waals surface area contributed by atoms with Gasteiger partial charge in [0, 0.05) is 71.6 Å². The highest BCUT2D eigenvalue weighted by molar-refractivity contribution is 5.94. The predicted molar refractivity (Wildman–Crippen MR) is 197 cm³/mol. The second-order valence-corrected chi connectivity index (χ2v) is 11.2. The number of carbonyl (C=O) groups excluding carboxylic acids is 1. The third-order valence-corrected chi connectivity index (χ3v) is 7.76. The van der Waals surface area contributed by atoms with Gasteiger partial charge in [-0.05, 0) is 42.8 Å². The summed E-state index contributed by atoms with van der Waals surface area (Å²) in [6.07, 6.45) is 1.51. The molecule has 0 fully saturated rings. The molecule has 0 saturated carbocycles. The Kier molecular flexibility index (Phi) is 14.8. The fourth-order valence-electron chi connectivity index (χ4n) is 5.22. The lowest BCUT2D eigenvalue weighted by Crippen LogP contribution is -2.33. The van der Waals surface area contributed by atoms with Crippen LogP contribution in [0.1, 0.15) is 24.2 Å². The molecule has 0 aliphatic rings. The van der Waals surface area contributed by atoms with Gasteiger partial charge in [0.25, 0.3) is 0 Å². The Morgan fingerprint density at radius 1 is 0.725 bits per heavy atom. The molecule has 1 amide bonds. The van der Waals surface area contributed by atoms with Crippen molar-refractivity contribution in [2.24, 2.45) is 0 Å². The van der Waals surface area contributed by atoms with E-state index in [9.17, 15) is 14.7 Å². The molecule has 6 aromatic rings. The van der Waals surface area contributed by atoms with Crippen molar-refractivity contribution in [3.63, 3.8) is 0 Å². The van der Waals surface area contributed by atoms with E-state index in [0.717, 1.165) is 44.6 Å². The quantitative estimate of drug-likeness (QED) is 0.0883. The SMILES string of the molecule is COc1cccc(N(CCO)C(=O)CCc2[nH]nc3ccccc23)c1.COc1cccc(NCCO)c1.O=C(O)CCc1[nH]nc2ccccc12. The van der Waals surface area contributed by atoms with Crippen LogP contribution in [-0.2, 0) is 22.4 Å². The van der Waals surface area contributed by atoms with Crippen LogP contribution in [0.2, 0.25) is 0 Å². The Morgan fingerprint density at radius 2 is 1.29 bits per heavy atom. The Labute approximate surface area is 295 Å². The fraction of sp³-hybridized carbons (Fsp3) is 0.263. The minimum Gasteiger partial charge on any atom is -0.497 e. The highest BCUT2D eigenvalue weighted by atomic mass is 16.5. The Morgan fingerprint density at radius 3 is 1.86 bits per heavy atom. The number of ether oxygens (including phenoxy) is 2. The summed E-state index contributed by atoms with van der Waals surface area (Å²) in [5.41, 5.74) is 5.29. The molecule has 4 aromatic carbocycles. The van der Waals surface area contributed by atoms with Crippen LogP contribution in [0.4, 0.5) is 11.4 Å². The molecule has 2 heterocycles. The number of carbonyl (C=O) groups is 2. The van der Waals surface area contributed by atoms with Gasteiger partial charge in [-0.15, -0.1) is 0 Å². The number of H-pyrrole nitrogens is 2. The molecule has 268 valence electrons. The topological polar surface area (TPSA) is 186 Å². The molecule has 0 unspecified atom stereocenters. The third kappa shape index (κ3) is 11.3. The lowest BCUT2D eigenvalue weighted by atomic mass is 10.1. The summed E-state index contributed by atoms with van der Waals surface area (Å²) in [6.45, 7) is 0.843. The van der Waals surface area contributed by atoms with Gasteiger partial charge in [-0.3, -0.25) is 19.8 Å². The average molecular weight is 697 g/mol. The van der Waals surface area contributed by atoms with Gasteiger partial charge in [0.1, 0.15) is 11.5 Å². The number of hydrogen-bond acceptors (Lipinski definition) is 9. The van der Waals surface area contributed by atoms with Crippen molar-refractivity contribution in [2.45, 2.75) is 25.7 Å². The molecule has 6 rings (SSSR count). The zero-order valence-corrected chi connectivity index (χ0v) is 28.7. The molecular formula is C38H44N6O7. The first kappa shape index (κ1) is 37.9. The number of nitrogens with one attached hydrogen (secondary N) is 3. The average Bonchev–Trinajstić information content (AvgIpc) is 3.79. The van der Waals surface area contributed by atoms with E-state index in [4.69, 9.17) is 19.7 Å². The summed E-state index contributed by atoms with van der Waals surface area (Å²) in [7, 11) is 3.21. The molecule has 0 bridgehead atoms. The molecule has 0 saturated heterocycles. The number of benzene rings is 4. The molecular weight excluding hydrogens is 652 g/mol. The van der Waals surface area contributed by atoms with Crippen LogP contribution in [0.3, 0.4) is 0 Å². The van der Waals surface area contributed by atoms with Crippen LogP contribution in [0.5, 0.6) is 11.5 Å². The fourth-order valence-corrected chi connectivity index (χ4v) is 5.22. The van der Waals surface area contributed by atoms with E-state index in [1.807, 2.05) is 91.0 Å². The van der Waals surface area contributed by atoms with E-state index in [1.165, 1.54) is 0 Å². The van der Waals surface area contributed by atoms with Gasteiger partial charge in [0.05, 0.1) is 44.9 Å². The van der Waals surface area contributed by atoms with Crippen molar-refractivity contribution in [1.82, 2.24) is 20.4 Å². The van der Waals surface area contributed by atoms with Crippen LogP contribution in [0.25, 0.3) is 21.8 Å². The Hall–Kier alpha value is -5.92. The van der Waals surface area contributed by atoms with Crippen LogP contribution in [0.15, 0.2) is 97.1 Å². The van der Waals surface area contributed by atoms with Crippen molar-refractivity contribution < 1.29 is 34.4 Å². The lowest BCUT2D eigenvalue weighted by Gasteiger charge is -2.22. The molecule has 13 heteroatoms. The Bertz CT molecular complexity index is 1980. The first-order chi connectivity index (χ1) is 24.9. The summed E-state index contributed by atoms with van der Waals surface area (Å²) < 4.78 is 10.2. The van der Waals surface area contributed by atoms with Gasteiger partial charge >= 0.3 is 5.97 Å². The van der Waals surface area contributed by atoms with Gasteiger partial charge in [-0.25, -0.2) is 0 Å². The molecule has 0 aliphatic heterocycles. The Balaban J connectivity index is 0.000000189. The molecule has 13 nitrogen and oxygen atoms in total. The first-order valence-corrected chi connectivity index (χ1v) is 16.5. The van der Waals surface area contributed by atoms with Crippen molar-refractivity contribution in [1.29, 1.82) is 0 Å². The number of para-hydroxylation sites is 2. The monoisotopic (exact) mass is 696 g/mol. The molecule has 0 aliphatic carbocycles. The minimum absolute atomic E-state index is 0.0546. The summed E-state index contributed by atoms with van der Waals surface area (Å²) in [5.74, 6) is 0.649. The van der Waals surface area contributed by atoms with Gasteiger partial charge in [-0.2, -0.15) is 10.2 Å². The summed E-state index contributed by atoms with van der Waals surface area (Å²) in [4.78, 5) is 24.7. The largest absolute Gasteiger partial charge is 0.497 e. The zero-order valence-electron chi connectivity index (χ0n) is 28.7. The molecule has 2 aromatic heterocycles. The number of anilines is 2. The maximum Gasteiger partial charge on any atom is 0.303 e.